The molecule has 0 fully saturated rings. The zero-order valence-electron chi connectivity index (χ0n) is 9.53. The summed E-state index contributed by atoms with van der Waals surface area (Å²) in [6.07, 6.45) is -5.54. The summed E-state index contributed by atoms with van der Waals surface area (Å²) >= 11 is 2.86. The number of ether oxygens (including phenoxy) is 1. The van der Waals surface area contributed by atoms with Gasteiger partial charge in [0.05, 0.1) is 5.56 Å². The number of hydrogen-bond acceptors (Lipinski definition) is 4. The van der Waals surface area contributed by atoms with Gasteiger partial charge in [0.1, 0.15) is 0 Å². The van der Waals surface area contributed by atoms with Gasteiger partial charge in [-0.05, 0) is 33.6 Å². The van der Waals surface area contributed by atoms with E-state index in [1.807, 2.05) is 0 Å². The second-order valence-electron chi connectivity index (χ2n) is 3.55. The number of benzene rings is 1. The van der Waals surface area contributed by atoms with Crippen molar-refractivity contribution in [3.05, 3.63) is 33.8 Å². The molecule has 9 heteroatoms. The molecule has 5 nitrogen and oxygen atoms in total. The Morgan fingerprint density at radius 2 is 1.85 bits per heavy atom. The van der Waals surface area contributed by atoms with Crippen molar-refractivity contribution < 1.29 is 37.4 Å². The molecule has 0 unspecified atom stereocenters. The molecule has 1 rings (SSSR count). The molecule has 20 heavy (non-hydrogen) atoms. The van der Waals surface area contributed by atoms with Crippen LogP contribution in [0.5, 0.6) is 0 Å². The van der Waals surface area contributed by atoms with Crippen molar-refractivity contribution in [1.82, 2.24) is 0 Å². The maximum Gasteiger partial charge on any atom is 0.575 e. The lowest BCUT2D eigenvalue weighted by Crippen LogP contribution is -2.20. The number of alkyl halides is 3. The number of carbonyl (C=O) groups is 3. The van der Waals surface area contributed by atoms with Gasteiger partial charge in [-0.25, -0.2) is 9.59 Å². The highest BCUT2D eigenvalue weighted by molar-refractivity contribution is 9.10. The minimum absolute atomic E-state index is 0.0394. The molecule has 0 atom stereocenters. The van der Waals surface area contributed by atoms with E-state index in [0.717, 1.165) is 6.07 Å². The first-order valence-electron chi connectivity index (χ1n) is 4.95. The number of aliphatic carboxylic acids is 1. The molecule has 1 N–H and O–H groups in total. The van der Waals surface area contributed by atoms with E-state index in [-0.39, 0.29) is 10.0 Å². The molecular weight excluding hydrogens is 349 g/mol. The normalized spacial score (nSPS) is 11.0. The van der Waals surface area contributed by atoms with Gasteiger partial charge in [-0.1, -0.05) is 6.07 Å². The first-order valence-corrected chi connectivity index (χ1v) is 5.74. The Kier molecular flexibility index (Phi) is 4.88. The number of ketones is 1. The van der Waals surface area contributed by atoms with E-state index in [9.17, 15) is 27.6 Å². The minimum atomic E-state index is -5.10. The van der Waals surface area contributed by atoms with E-state index >= 15 is 0 Å². The predicted octanol–water partition coefficient (Wildman–Crippen LogP) is 2.32. The molecule has 0 bridgehead atoms. The Bertz CT molecular complexity index is 568. The van der Waals surface area contributed by atoms with E-state index in [2.05, 4.69) is 20.7 Å². The van der Waals surface area contributed by atoms with E-state index in [1.54, 1.807) is 0 Å². The summed E-state index contributed by atoms with van der Waals surface area (Å²) in [6.45, 7) is 0. The number of hydrogen-bond donors (Lipinski definition) is 1. The Balaban J connectivity index is 2.91. The monoisotopic (exact) mass is 354 g/mol. The van der Waals surface area contributed by atoms with Gasteiger partial charge >= 0.3 is 18.3 Å². The van der Waals surface area contributed by atoms with Crippen LogP contribution in [0.3, 0.4) is 0 Å². The van der Waals surface area contributed by atoms with Crippen LogP contribution < -0.4 is 0 Å². The highest BCUT2D eigenvalue weighted by Gasteiger charge is 2.35. The second-order valence-corrected chi connectivity index (χ2v) is 4.41. The third-order valence-corrected chi connectivity index (χ3v) is 2.72. The van der Waals surface area contributed by atoms with Gasteiger partial charge in [0.2, 0.25) is 5.78 Å². The van der Waals surface area contributed by atoms with Crippen LogP contribution in [0.2, 0.25) is 0 Å². The van der Waals surface area contributed by atoms with Crippen molar-refractivity contribution in [2.75, 3.05) is 0 Å². The standard InChI is InChI=1S/C11H6BrF3O5/c12-7-3-5(4-8(16)9(17)18)1-2-6(7)10(19)20-11(13,14)15/h1-3H,4H2,(H,17,18). The molecule has 0 saturated carbocycles. The lowest BCUT2D eigenvalue weighted by molar-refractivity contribution is -0.291. The van der Waals surface area contributed by atoms with Crippen LogP contribution in [0.15, 0.2) is 22.7 Å². The smallest absolute Gasteiger partial charge is 0.475 e. The highest BCUT2D eigenvalue weighted by Crippen LogP contribution is 2.24. The Hall–Kier alpha value is -1.90. The van der Waals surface area contributed by atoms with Crippen LogP contribution in [-0.2, 0) is 20.7 Å². The van der Waals surface area contributed by atoms with E-state index in [4.69, 9.17) is 5.11 Å². The van der Waals surface area contributed by atoms with Gasteiger partial charge in [-0.15, -0.1) is 13.2 Å². The van der Waals surface area contributed by atoms with Gasteiger partial charge < -0.3 is 9.84 Å². The lowest BCUT2D eigenvalue weighted by atomic mass is 10.1. The zero-order valence-corrected chi connectivity index (χ0v) is 11.1. The van der Waals surface area contributed by atoms with Crippen LogP contribution >= 0.6 is 15.9 Å². The summed E-state index contributed by atoms with van der Waals surface area (Å²) in [7, 11) is 0. The molecule has 108 valence electrons. The summed E-state index contributed by atoms with van der Waals surface area (Å²) in [4.78, 5) is 32.5. The fourth-order valence-electron chi connectivity index (χ4n) is 1.26. The quantitative estimate of drug-likeness (QED) is 0.662. The summed E-state index contributed by atoms with van der Waals surface area (Å²) in [5.74, 6) is -4.32. The molecule has 0 saturated heterocycles. The predicted molar refractivity (Wildman–Crippen MR) is 62.0 cm³/mol. The van der Waals surface area contributed by atoms with E-state index in [0.29, 0.717) is 0 Å². The summed E-state index contributed by atoms with van der Waals surface area (Å²) in [5, 5.41) is 8.42. The Morgan fingerprint density at radius 3 is 2.30 bits per heavy atom. The maximum absolute atomic E-state index is 11.9. The van der Waals surface area contributed by atoms with Crippen molar-refractivity contribution in [2.24, 2.45) is 0 Å². The van der Waals surface area contributed by atoms with Crippen molar-refractivity contribution in [2.45, 2.75) is 12.8 Å². The van der Waals surface area contributed by atoms with Gasteiger partial charge in [0, 0.05) is 10.9 Å². The summed E-state index contributed by atoms with van der Waals surface area (Å²) < 4.78 is 38.9. The number of carboxylic acids is 1. The number of carboxylic acid groups (broad SMARTS) is 1. The topological polar surface area (TPSA) is 80.7 Å². The van der Waals surface area contributed by atoms with Gasteiger partial charge in [0.25, 0.3) is 0 Å². The van der Waals surface area contributed by atoms with Crippen LogP contribution in [0.4, 0.5) is 13.2 Å². The SMILES string of the molecule is O=C(O)C(=O)Cc1ccc(C(=O)OC(F)(F)F)c(Br)c1. The van der Waals surface area contributed by atoms with E-state index < -0.39 is 36.1 Å². The molecule has 1 aromatic rings. The fraction of sp³-hybridized carbons (Fsp3) is 0.182. The number of esters is 1. The first-order chi connectivity index (χ1) is 9.10. The molecule has 0 aliphatic heterocycles. The molecule has 0 aliphatic rings. The maximum atomic E-state index is 11.9. The molecule has 0 aliphatic carbocycles. The van der Waals surface area contributed by atoms with Crippen molar-refractivity contribution in [3.63, 3.8) is 0 Å². The van der Waals surface area contributed by atoms with Crippen LogP contribution in [-0.4, -0.2) is 29.2 Å². The number of Topliss-reactive ketones (excluding diaryl/α,β-unsaturated/α-hetero) is 1. The minimum Gasteiger partial charge on any atom is -0.475 e. The van der Waals surface area contributed by atoms with Crippen molar-refractivity contribution in [1.29, 1.82) is 0 Å². The number of rotatable bonds is 4. The zero-order chi connectivity index (χ0) is 15.5. The molecule has 0 heterocycles. The Morgan fingerprint density at radius 1 is 1.25 bits per heavy atom. The molecule has 0 spiro atoms. The first kappa shape index (κ1) is 16.2. The fourth-order valence-corrected chi connectivity index (χ4v) is 1.84. The molecule has 0 amide bonds. The van der Waals surface area contributed by atoms with Crippen LogP contribution in [0.1, 0.15) is 15.9 Å². The third kappa shape index (κ3) is 4.65. The summed E-state index contributed by atoms with van der Waals surface area (Å²) in [5.41, 5.74) is -0.165. The average molecular weight is 355 g/mol. The average Bonchev–Trinajstić information content (AvgIpc) is 2.26. The van der Waals surface area contributed by atoms with Gasteiger partial charge in [-0.2, -0.15) is 0 Å². The van der Waals surface area contributed by atoms with Gasteiger partial charge in [-0.3, -0.25) is 4.79 Å². The van der Waals surface area contributed by atoms with Crippen molar-refractivity contribution >= 4 is 33.7 Å². The molecule has 0 radical (unpaired) electrons. The molecule has 1 aromatic carbocycles. The van der Waals surface area contributed by atoms with Crippen LogP contribution in [0, 0.1) is 0 Å². The van der Waals surface area contributed by atoms with Gasteiger partial charge in [0.15, 0.2) is 0 Å². The number of carbonyl (C=O) groups excluding carboxylic acids is 2. The third-order valence-electron chi connectivity index (χ3n) is 2.07. The van der Waals surface area contributed by atoms with E-state index in [1.165, 1.54) is 12.1 Å². The van der Waals surface area contributed by atoms with Crippen molar-refractivity contribution in [3.8, 4) is 0 Å². The highest BCUT2D eigenvalue weighted by atomic mass is 79.9. The second kappa shape index (κ2) is 6.04. The van der Waals surface area contributed by atoms with Crippen LogP contribution in [0.25, 0.3) is 0 Å². The largest absolute Gasteiger partial charge is 0.575 e. The molecular formula is C11H6BrF3O5. The number of halogens is 4. The Labute approximate surface area is 118 Å². The molecule has 0 aromatic heterocycles. The summed E-state index contributed by atoms with van der Waals surface area (Å²) in [6, 6.07) is 3.34. The lowest BCUT2D eigenvalue weighted by Gasteiger charge is -2.09.